The number of rotatable bonds is 7. The minimum absolute atomic E-state index is 0.0680. The third-order valence-corrected chi connectivity index (χ3v) is 3.39. The van der Waals surface area contributed by atoms with Gasteiger partial charge in [-0.3, -0.25) is 4.79 Å². The van der Waals surface area contributed by atoms with E-state index in [1.807, 2.05) is 26.0 Å². The molecule has 1 rings (SSSR count). The number of nitrogens with two attached hydrogens (primary N) is 1. The molecule has 4 heteroatoms. The lowest BCUT2D eigenvalue weighted by Crippen LogP contribution is -2.45. The average molecular weight is 278 g/mol. The van der Waals surface area contributed by atoms with Crippen molar-refractivity contribution in [2.75, 3.05) is 13.7 Å². The van der Waals surface area contributed by atoms with E-state index in [2.05, 4.69) is 24.4 Å². The maximum atomic E-state index is 11.8. The van der Waals surface area contributed by atoms with Crippen molar-refractivity contribution in [1.82, 2.24) is 5.32 Å². The van der Waals surface area contributed by atoms with E-state index in [0.29, 0.717) is 12.5 Å². The van der Waals surface area contributed by atoms with E-state index in [0.717, 1.165) is 12.2 Å². The second-order valence-electron chi connectivity index (χ2n) is 5.67. The second kappa shape index (κ2) is 7.90. The topological polar surface area (TPSA) is 64.3 Å². The molecule has 1 unspecified atom stereocenters. The van der Waals surface area contributed by atoms with Crippen molar-refractivity contribution in [3.63, 3.8) is 0 Å². The smallest absolute Gasteiger partial charge is 0.237 e. The average Bonchev–Trinajstić information content (AvgIpc) is 2.44. The van der Waals surface area contributed by atoms with Crippen LogP contribution in [0.3, 0.4) is 0 Å². The highest BCUT2D eigenvalue weighted by Crippen LogP contribution is 2.14. The van der Waals surface area contributed by atoms with Gasteiger partial charge >= 0.3 is 0 Å². The zero-order valence-electron chi connectivity index (χ0n) is 12.8. The number of methoxy groups -OCH3 is 1. The van der Waals surface area contributed by atoms with Gasteiger partial charge in [-0.2, -0.15) is 0 Å². The molecule has 0 saturated heterocycles. The summed E-state index contributed by atoms with van der Waals surface area (Å²) in [6.07, 6.45) is 0.918. The molecule has 0 spiro atoms. The minimum atomic E-state index is -0.428. The maximum absolute atomic E-state index is 11.8. The van der Waals surface area contributed by atoms with Crippen molar-refractivity contribution in [3.05, 3.63) is 29.8 Å². The highest BCUT2D eigenvalue weighted by Gasteiger charge is 2.17. The first-order valence-electron chi connectivity index (χ1n) is 7.10. The van der Waals surface area contributed by atoms with Crippen LogP contribution in [0.1, 0.15) is 26.3 Å². The highest BCUT2D eigenvalue weighted by atomic mass is 16.5. The molecule has 0 aliphatic carbocycles. The Labute approximate surface area is 121 Å². The minimum Gasteiger partial charge on any atom is -0.497 e. The van der Waals surface area contributed by atoms with Crippen molar-refractivity contribution in [2.24, 2.45) is 17.6 Å². The molecule has 2 atom stereocenters. The predicted molar refractivity (Wildman–Crippen MR) is 81.7 cm³/mol. The quantitative estimate of drug-likeness (QED) is 0.801. The van der Waals surface area contributed by atoms with Crippen molar-refractivity contribution in [1.29, 1.82) is 0 Å². The lowest BCUT2D eigenvalue weighted by Gasteiger charge is -2.18. The molecule has 0 saturated carbocycles. The van der Waals surface area contributed by atoms with Gasteiger partial charge in [-0.25, -0.2) is 0 Å². The van der Waals surface area contributed by atoms with Crippen molar-refractivity contribution < 1.29 is 9.53 Å². The second-order valence-corrected chi connectivity index (χ2v) is 5.67. The molecule has 20 heavy (non-hydrogen) atoms. The third-order valence-electron chi connectivity index (χ3n) is 3.39. The lowest BCUT2D eigenvalue weighted by molar-refractivity contribution is -0.123. The molecule has 0 aliphatic heterocycles. The van der Waals surface area contributed by atoms with Crippen LogP contribution in [-0.4, -0.2) is 25.6 Å². The van der Waals surface area contributed by atoms with Gasteiger partial charge in [0.25, 0.3) is 0 Å². The molecule has 0 bridgehead atoms. The van der Waals surface area contributed by atoms with Crippen LogP contribution in [0.25, 0.3) is 0 Å². The van der Waals surface area contributed by atoms with Crippen LogP contribution < -0.4 is 15.8 Å². The first kappa shape index (κ1) is 16.5. The summed E-state index contributed by atoms with van der Waals surface area (Å²) < 4.78 is 5.13. The molecule has 4 nitrogen and oxygen atoms in total. The van der Waals surface area contributed by atoms with Gasteiger partial charge in [-0.15, -0.1) is 0 Å². The Morgan fingerprint density at radius 1 is 1.25 bits per heavy atom. The fourth-order valence-corrected chi connectivity index (χ4v) is 1.93. The first-order valence-corrected chi connectivity index (χ1v) is 7.10. The molecule has 1 amide bonds. The molecule has 0 aromatic heterocycles. The van der Waals surface area contributed by atoms with Crippen LogP contribution in [0.4, 0.5) is 0 Å². The van der Waals surface area contributed by atoms with E-state index in [1.54, 1.807) is 7.11 Å². The SMILES string of the molecule is COc1ccc(CC(C)CNC(=O)[C@@H](N)C(C)C)cc1. The van der Waals surface area contributed by atoms with E-state index in [-0.39, 0.29) is 11.8 Å². The zero-order valence-corrected chi connectivity index (χ0v) is 12.8. The third kappa shape index (κ3) is 5.21. The van der Waals surface area contributed by atoms with Gasteiger partial charge in [0.1, 0.15) is 5.75 Å². The largest absolute Gasteiger partial charge is 0.497 e. The summed E-state index contributed by atoms with van der Waals surface area (Å²) in [5, 5.41) is 2.92. The zero-order chi connectivity index (χ0) is 15.1. The molecule has 0 heterocycles. The number of carbonyl (C=O) groups is 1. The Morgan fingerprint density at radius 2 is 1.85 bits per heavy atom. The number of hydrogen-bond donors (Lipinski definition) is 2. The van der Waals surface area contributed by atoms with Gasteiger partial charge in [0.05, 0.1) is 13.2 Å². The fourth-order valence-electron chi connectivity index (χ4n) is 1.93. The van der Waals surface area contributed by atoms with Gasteiger partial charge in [0, 0.05) is 6.54 Å². The van der Waals surface area contributed by atoms with Gasteiger partial charge in [0.2, 0.25) is 5.91 Å². The number of nitrogens with one attached hydrogen (secondary N) is 1. The van der Waals surface area contributed by atoms with Crippen LogP contribution in [-0.2, 0) is 11.2 Å². The first-order chi connectivity index (χ1) is 9.43. The molecule has 0 aliphatic rings. The maximum Gasteiger partial charge on any atom is 0.237 e. The van der Waals surface area contributed by atoms with Gasteiger partial charge < -0.3 is 15.8 Å². The number of amides is 1. The van der Waals surface area contributed by atoms with E-state index < -0.39 is 6.04 Å². The van der Waals surface area contributed by atoms with Gasteiger partial charge in [-0.05, 0) is 36.0 Å². The Hall–Kier alpha value is -1.55. The molecule has 0 radical (unpaired) electrons. The Bertz CT molecular complexity index is 415. The van der Waals surface area contributed by atoms with Crippen LogP contribution in [0.15, 0.2) is 24.3 Å². The number of ether oxygens (including phenoxy) is 1. The fraction of sp³-hybridized carbons (Fsp3) is 0.562. The summed E-state index contributed by atoms with van der Waals surface area (Å²) in [4.78, 5) is 11.8. The van der Waals surface area contributed by atoms with Crippen LogP contribution >= 0.6 is 0 Å². The molecule has 3 N–H and O–H groups in total. The highest BCUT2D eigenvalue weighted by molar-refractivity contribution is 5.81. The molecule has 112 valence electrons. The van der Waals surface area contributed by atoms with Crippen molar-refractivity contribution in [3.8, 4) is 5.75 Å². The van der Waals surface area contributed by atoms with Gasteiger partial charge in [-0.1, -0.05) is 32.9 Å². The van der Waals surface area contributed by atoms with E-state index in [4.69, 9.17) is 10.5 Å². The molecular weight excluding hydrogens is 252 g/mol. The summed E-state index contributed by atoms with van der Waals surface area (Å²) in [6, 6.07) is 7.58. The monoisotopic (exact) mass is 278 g/mol. The van der Waals surface area contributed by atoms with E-state index in [1.165, 1.54) is 5.56 Å². The Morgan fingerprint density at radius 3 is 2.35 bits per heavy atom. The van der Waals surface area contributed by atoms with Crippen LogP contribution in [0.2, 0.25) is 0 Å². The molecule has 1 aromatic rings. The normalized spacial score (nSPS) is 13.9. The summed E-state index contributed by atoms with van der Waals surface area (Å²) >= 11 is 0. The summed E-state index contributed by atoms with van der Waals surface area (Å²) in [5.41, 5.74) is 7.04. The van der Waals surface area contributed by atoms with E-state index in [9.17, 15) is 4.79 Å². The van der Waals surface area contributed by atoms with E-state index >= 15 is 0 Å². The standard InChI is InChI=1S/C16H26N2O2/c1-11(2)15(17)16(19)18-10-12(3)9-13-5-7-14(20-4)8-6-13/h5-8,11-12,15H,9-10,17H2,1-4H3,(H,18,19)/t12?,15-/m0/s1. The predicted octanol–water partition coefficient (Wildman–Crippen LogP) is 1.97. The number of hydrogen-bond acceptors (Lipinski definition) is 3. The summed E-state index contributed by atoms with van der Waals surface area (Å²) in [6.45, 7) is 6.66. The molecule has 0 fully saturated rings. The Balaban J connectivity index is 2.39. The molecule has 1 aromatic carbocycles. The lowest BCUT2D eigenvalue weighted by atomic mass is 10.00. The summed E-state index contributed by atoms with van der Waals surface area (Å²) in [7, 11) is 1.66. The Kier molecular flexibility index (Phi) is 6.52. The molecular formula is C16H26N2O2. The van der Waals surface area contributed by atoms with Gasteiger partial charge in [0.15, 0.2) is 0 Å². The number of benzene rings is 1. The van der Waals surface area contributed by atoms with Crippen LogP contribution in [0.5, 0.6) is 5.75 Å². The number of carbonyl (C=O) groups excluding carboxylic acids is 1. The van der Waals surface area contributed by atoms with Crippen LogP contribution in [0, 0.1) is 11.8 Å². The van der Waals surface area contributed by atoms with Crippen molar-refractivity contribution in [2.45, 2.75) is 33.2 Å². The van der Waals surface area contributed by atoms with Crippen molar-refractivity contribution >= 4 is 5.91 Å². The summed E-state index contributed by atoms with van der Waals surface area (Å²) in [5.74, 6) is 1.32.